The molecule has 4 N–H and O–H groups in total. The van der Waals surface area contributed by atoms with Crippen molar-refractivity contribution in [2.45, 2.75) is 44.0 Å². The van der Waals surface area contributed by atoms with Gasteiger partial charge in [0.15, 0.2) is 0 Å². The van der Waals surface area contributed by atoms with E-state index in [4.69, 9.17) is 24.2 Å². The quantitative estimate of drug-likeness (QED) is 0.193. The third-order valence-electron chi connectivity index (χ3n) is 2.80. The summed E-state index contributed by atoms with van der Waals surface area (Å²) in [5.41, 5.74) is -0.183. The summed E-state index contributed by atoms with van der Waals surface area (Å²) in [5, 5.41) is 0. The molecule has 1 aliphatic heterocycles. The average Bonchev–Trinajstić information content (AvgIpc) is 2.72. The van der Waals surface area contributed by atoms with E-state index in [-0.39, 0.29) is 11.5 Å². The third kappa shape index (κ3) is 9.99. The van der Waals surface area contributed by atoms with Crippen LogP contribution in [0.2, 0.25) is 0 Å². The lowest BCUT2D eigenvalue weighted by atomic mass is 10.1. The van der Waals surface area contributed by atoms with E-state index in [0.29, 0.717) is 6.42 Å². The van der Waals surface area contributed by atoms with Crippen molar-refractivity contribution in [3.8, 4) is 0 Å². The van der Waals surface area contributed by atoms with Crippen LogP contribution in [0.15, 0.2) is 0 Å². The van der Waals surface area contributed by atoms with Crippen LogP contribution in [-0.4, -0.2) is 56.2 Å². The Morgan fingerprint density at radius 2 is 1.77 bits per heavy atom. The molecule has 0 aromatic carbocycles. The van der Waals surface area contributed by atoms with Crippen LogP contribution in [-0.2, 0) is 36.3 Å². The lowest BCUT2D eigenvalue weighted by molar-refractivity contribution is -0.0467. The van der Waals surface area contributed by atoms with Gasteiger partial charge in [-0.2, -0.15) is 8.62 Å². The summed E-state index contributed by atoms with van der Waals surface area (Å²) in [6.45, 7) is 3.08. The smallest absolute Gasteiger partial charge is 0.370 e. The summed E-state index contributed by atoms with van der Waals surface area (Å²) >= 11 is 0. The van der Waals surface area contributed by atoms with Crippen LogP contribution >= 0.6 is 45.1 Å². The van der Waals surface area contributed by atoms with Gasteiger partial charge in [-0.15, -0.1) is 0 Å². The minimum absolute atomic E-state index is 0.183. The van der Waals surface area contributed by atoms with E-state index in [2.05, 4.69) is 13.1 Å². The van der Waals surface area contributed by atoms with Crippen molar-refractivity contribution in [3.63, 3.8) is 0 Å². The summed E-state index contributed by atoms with van der Waals surface area (Å²) in [6.07, 6.45) is 0.974. The molecule has 1 fully saturated rings. The second-order valence-electron chi connectivity index (χ2n) is 5.11. The summed E-state index contributed by atoms with van der Waals surface area (Å²) in [4.78, 5) is 35.5. The molecular weight excluding hydrogens is 457 g/mol. The van der Waals surface area contributed by atoms with Gasteiger partial charge in [-0.25, -0.2) is 13.7 Å². The van der Waals surface area contributed by atoms with Gasteiger partial charge in [-0.3, -0.25) is 4.52 Å². The first kappa shape index (κ1) is 25.1. The van der Waals surface area contributed by atoms with Gasteiger partial charge in [0.25, 0.3) is 0 Å². The van der Waals surface area contributed by atoms with Crippen LogP contribution in [0.25, 0.3) is 0 Å². The topological polar surface area (TPSA) is 178 Å². The van der Waals surface area contributed by atoms with Gasteiger partial charge in [0.05, 0.1) is 18.8 Å². The number of hydrogen-bond donors (Lipinski definition) is 4. The van der Waals surface area contributed by atoms with Gasteiger partial charge in [-0.05, 0) is 20.1 Å². The molecule has 26 heavy (non-hydrogen) atoms. The molecular formula is C9H21O12P3S2. The van der Waals surface area contributed by atoms with Crippen LogP contribution < -0.4 is 0 Å². The molecule has 0 spiro atoms. The molecule has 2 unspecified atom stereocenters. The van der Waals surface area contributed by atoms with Crippen LogP contribution in [0, 0.1) is 0 Å². The predicted molar refractivity (Wildman–Crippen MR) is 94.2 cm³/mol. The lowest BCUT2D eigenvalue weighted by Crippen LogP contribution is -2.30. The molecule has 1 heterocycles. The minimum atomic E-state index is -5.54. The van der Waals surface area contributed by atoms with E-state index in [1.54, 1.807) is 6.92 Å². The summed E-state index contributed by atoms with van der Waals surface area (Å²) in [5.74, 6) is 0. The number of rotatable bonds is 11. The van der Waals surface area contributed by atoms with Crippen molar-refractivity contribution in [2.24, 2.45) is 0 Å². The van der Waals surface area contributed by atoms with Gasteiger partial charge in [0.2, 0.25) is 0 Å². The molecule has 0 saturated carbocycles. The van der Waals surface area contributed by atoms with Crippen molar-refractivity contribution in [1.29, 1.82) is 0 Å². The maximum atomic E-state index is 11.7. The first-order valence-electron chi connectivity index (χ1n) is 7.02. The highest BCUT2D eigenvalue weighted by Gasteiger charge is 2.42. The highest BCUT2D eigenvalue weighted by molar-refractivity contribution is 8.76. The molecule has 6 atom stereocenters. The molecule has 1 aliphatic rings. The Labute approximate surface area is 158 Å². The van der Waals surface area contributed by atoms with Crippen LogP contribution in [0.5, 0.6) is 0 Å². The average molecular weight is 478 g/mol. The van der Waals surface area contributed by atoms with Crippen LogP contribution in [0.1, 0.15) is 20.3 Å². The Balaban J connectivity index is 2.62. The highest BCUT2D eigenvalue weighted by atomic mass is 33.1. The number of phosphoric acid groups is 3. The fourth-order valence-corrected chi connectivity index (χ4v) is 6.52. The minimum Gasteiger partial charge on any atom is -0.370 e. The van der Waals surface area contributed by atoms with Gasteiger partial charge in [0.1, 0.15) is 11.5 Å². The highest BCUT2D eigenvalue weighted by Crippen LogP contribution is 2.66. The van der Waals surface area contributed by atoms with Crippen molar-refractivity contribution in [3.05, 3.63) is 0 Å². The predicted octanol–water partition coefficient (Wildman–Crippen LogP) is 2.25. The molecule has 0 amide bonds. The van der Waals surface area contributed by atoms with Crippen molar-refractivity contribution in [2.75, 3.05) is 12.9 Å². The first-order valence-corrected chi connectivity index (χ1v) is 14.2. The third-order valence-corrected chi connectivity index (χ3v) is 8.57. The molecule has 0 aliphatic carbocycles. The van der Waals surface area contributed by atoms with Crippen LogP contribution in [0.3, 0.4) is 0 Å². The largest absolute Gasteiger partial charge is 0.490 e. The van der Waals surface area contributed by atoms with Gasteiger partial charge >= 0.3 is 23.5 Å². The fraction of sp³-hybridized carbons (Fsp3) is 1.00. The maximum absolute atomic E-state index is 11.7. The molecule has 0 bridgehead atoms. The molecule has 1 rings (SSSR count). The SMILES string of the molecule is CSS[C@@H](C)O[C@@H]1C[C@H](C)O[C@@H]1COP(=O)(O)OP(=O)(O)OP(=O)(O)O. The van der Waals surface area contributed by atoms with Crippen molar-refractivity contribution < 1.29 is 55.9 Å². The Morgan fingerprint density at radius 3 is 2.31 bits per heavy atom. The second-order valence-corrected chi connectivity index (χ2v) is 12.3. The lowest BCUT2D eigenvalue weighted by Gasteiger charge is -2.23. The molecule has 1 saturated heterocycles. The van der Waals surface area contributed by atoms with Gasteiger partial charge in [-0.1, -0.05) is 21.6 Å². The van der Waals surface area contributed by atoms with E-state index in [1.807, 2.05) is 13.2 Å². The Kier molecular flexibility index (Phi) is 9.81. The monoisotopic (exact) mass is 478 g/mol. The van der Waals surface area contributed by atoms with Crippen molar-refractivity contribution >= 4 is 45.1 Å². The zero-order valence-corrected chi connectivity index (χ0v) is 18.3. The molecule has 17 heteroatoms. The fourth-order valence-electron chi connectivity index (χ4n) is 2.09. The maximum Gasteiger partial charge on any atom is 0.490 e. The molecule has 156 valence electrons. The summed E-state index contributed by atoms with van der Waals surface area (Å²) in [7, 11) is -13.2. The number of phosphoric ester groups is 1. The molecule has 0 aromatic heterocycles. The first-order chi connectivity index (χ1) is 11.7. The molecule has 0 radical (unpaired) electrons. The standard InChI is InChI=1S/C9H21O12P3S2/c1-6-4-8(19-7(2)26-25-3)9(18-6)5-17-23(13,14)21-24(15,16)20-22(10,11)12/h6-9H,4-5H2,1-3H3,(H,13,14)(H,15,16)(H2,10,11,12)/t6-,7-,8+,9+/m0/s1. The molecule has 12 nitrogen and oxygen atoms in total. The summed E-state index contributed by atoms with van der Waals surface area (Å²) < 4.78 is 56.7. The van der Waals surface area contributed by atoms with E-state index in [1.165, 1.54) is 21.6 Å². The second kappa shape index (κ2) is 10.2. The van der Waals surface area contributed by atoms with Crippen LogP contribution in [0.4, 0.5) is 0 Å². The van der Waals surface area contributed by atoms with E-state index in [9.17, 15) is 18.6 Å². The van der Waals surface area contributed by atoms with Crippen molar-refractivity contribution in [1.82, 2.24) is 0 Å². The number of hydrogen-bond acceptors (Lipinski definition) is 10. The van der Waals surface area contributed by atoms with Gasteiger partial charge < -0.3 is 29.0 Å². The number of ether oxygens (including phenoxy) is 2. The molecule has 0 aromatic rings. The zero-order chi connectivity index (χ0) is 20.2. The van der Waals surface area contributed by atoms with Gasteiger partial charge in [0, 0.05) is 6.42 Å². The Morgan fingerprint density at radius 1 is 1.15 bits per heavy atom. The van der Waals surface area contributed by atoms with E-state index < -0.39 is 42.3 Å². The Hall–Kier alpha value is 1.03. The van der Waals surface area contributed by atoms with E-state index in [0.717, 1.165) is 0 Å². The normalized spacial score (nSPS) is 29.9. The zero-order valence-electron chi connectivity index (χ0n) is 13.9. The Bertz CT molecular complexity index is 598. The van der Waals surface area contributed by atoms with E-state index >= 15 is 0 Å². The summed E-state index contributed by atoms with van der Waals surface area (Å²) in [6, 6.07) is 0.